The van der Waals surface area contributed by atoms with E-state index in [9.17, 15) is 0 Å². The third-order valence-corrected chi connectivity index (χ3v) is 3.65. The Labute approximate surface area is 138 Å². The Morgan fingerprint density at radius 2 is 1.71 bits per heavy atom. The Morgan fingerprint density at radius 3 is 2.38 bits per heavy atom. The van der Waals surface area contributed by atoms with E-state index in [0.29, 0.717) is 26.6 Å². The first-order chi connectivity index (χ1) is 10.0. The van der Waals surface area contributed by atoms with E-state index < -0.39 is 0 Å². The molecule has 0 atom stereocenters. The maximum atomic E-state index is 6.16. The number of methoxy groups -OCH3 is 1. The second-order valence-electron chi connectivity index (χ2n) is 4.32. The Kier molecular flexibility index (Phi) is 5.59. The van der Waals surface area contributed by atoms with Crippen molar-refractivity contribution in [1.82, 2.24) is 0 Å². The minimum absolute atomic E-state index is 0.262. The molecule has 0 heterocycles. The maximum absolute atomic E-state index is 6.16. The van der Waals surface area contributed by atoms with Gasteiger partial charge in [0.25, 0.3) is 0 Å². The lowest BCUT2D eigenvalue weighted by molar-refractivity contribution is 0.294. The summed E-state index contributed by atoms with van der Waals surface area (Å²) in [5.41, 5.74) is 7.26. The molecule has 0 fully saturated rings. The average molecular weight is 347 g/mol. The van der Waals surface area contributed by atoms with E-state index in [2.05, 4.69) is 0 Å². The quantitative estimate of drug-likeness (QED) is 0.854. The van der Waals surface area contributed by atoms with Crippen LogP contribution in [0.25, 0.3) is 0 Å². The van der Waals surface area contributed by atoms with Crippen LogP contribution in [-0.2, 0) is 13.2 Å². The Bertz CT molecular complexity index is 647. The lowest BCUT2D eigenvalue weighted by Gasteiger charge is -2.14. The number of hydrogen-bond donors (Lipinski definition) is 1. The van der Waals surface area contributed by atoms with Gasteiger partial charge in [-0.15, -0.1) is 0 Å². The zero-order valence-corrected chi connectivity index (χ0v) is 13.6. The fraction of sp³-hybridized carbons (Fsp3) is 0.200. The third-order valence-electron chi connectivity index (χ3n) is 2.92. The van der Waals surface area contributed by atoms with Crippen molar-refractivity contribution in [1.29, 1.82) is 0 Å². The van der Waals surface area contributed by atoms with Crippen molar-refractivity contribution in [2.24, 2.45) is 5.73 Å². The van der Waals surface area contributed by atoms with E-state index in [4.69, 9.17) is 50.0 Å². The molecule has 0 saturated heterocycles. The summed E-state index contributed by atoms with van der Waals surface area (Å²) in [7, 11) is 1.59. The van der Waals surface area contributed by atoms with Gasteiger partial charge in [-0.25, -0.2) is 0 Å². The van der Waals surface area contributed by atoms with Crippen LogP contribution >= 0.6 is 34.8 Å². The second-order valence-corrected chi connectivity index (χ2v) is 5.60. The highest BCUT2D eigenvalue weighted by Gasteiger charge is 2.12. The van der Waals surface area contributed by atoms with Crippen molar-refractivity contribution in [2.75, 3.05) is 7.11 Å². The van der Waals surface area contributed by atoms with Crippen LogP contribution in [0.5, 0.6) is 11.5 Å². The van der Waals surface area contributed by atoms with Crippen LogP contribution in [0.15, 0.2) is 30.3 Å². The highest BCUT2D eigenvalue weighted by Crippen LogP contribution is 2.33. The molecule has 2 aromatic rings. The Morgan fingerprint density at radius 1 is 1.00 bits per heavy atom. The number of benzene rings is 2. The summed E-state index contributed by atoms with van der Waals surface area (Å²) >= 11 is 18.1. The summed E-state index contributed by atoms with van der Waals surface area (Å²) in [4.78, 5) is 0. The SMILES string of the molecule is COc1ccc(Cl)cc1COc1c(Cl)cc(Cl)cc1CN. The molecule has 0 bridgehead atoms. The molecule has 0 amide bonds. The van der Waals surface area contributed by atoms with Crippen molar-refractivity contribution in [3.05, 3.63) is 56.5 Å². The molecule has 0 aliphatic carbocycles. The van der Waals surface area contributed by atoms with Crippen molar-refractivity contribution in [2.45, 2.75) is 13.2 Å². The smallest absolute Gasteiger partial charge is 0.142 e. The van der Waals surface area contributed by atoms with Crippen molar-refractivity contribution < 1.29 is 9.47 Å². The fourth-order valence-electron chi connectivity index (χ4n) is 1.94. The van der Waals surface area contributed by atoms with Gasteiger partial charge in [0.2, 0.25) is 0 Å². The van der Waals surface area contributed by atoms with Gasteiger partial charge in [-0.3, -0.25) is 0 Å². The normalized spacial score (nSPS) is 10.5. The molecule has 0 aliphatic heterocycles. The third kappa shape index (κ3) is 3.95. The highest BCUT2D eigenvalue weighted by molar-refractivity contribution is 6.35. The van der Waals surface area contributed by atoms with E-state index in [-0.39, 0.29) is 13.2 Å². The largest absolute Gasteiger partial charge is 0.496 e. The topological polar surface area (TPSA) is 44.5 Å². The van der Waals surface area contributed by atoms with Crippen molar-refractivity contribution in [3.8, 4) is 11.5 Å². The zero-order chi connectivity index (χ0) is 15.4. The molecule has 0 spiro atoms. The van der Waals surface area contributed by atoms with Crippen LogP contribution in [-0.4, -0.2) is 7.11 Å². The summed E-state index contributed by atoms with van der Waals surface area (Å²) in [5, 5.41) is 1.55. The summed E-state index contributed by atoms with van der Waals surface area (Å²) < 4.78 is 11.1. The molecule has 3 nitrogen and oxygen atoms in total. The van der Waals surface area contributed by atoms with Gasteiger partial charge in [-0.05, 0) is 30.3 Å². The monoisotopic (exact) mass is 345 g/mol. The van der Waals surface area contributed by atoms with E-state index in [1.807, 2.05) is 0 Å². The van der Waals surface area contributed by atoms with Crippen LogP contribution in [0.1, 0.15) is 11.1 Å². The van der Waals surface area contributed by atoms with Crippen molar-refractivity contribution >= 4 is 34.8 Å². The predicted molar refractivity (Wildman–Crippen MR) is 86.7 cm³/mol. The number of rotatable bonds is 5. The number of ether oxygens (including phenoxy) is 2. The molecular weight excluding hydrogens is 333 g/mol. The van der Waals surface area contributed by atoms with Gasteiger partial charge in [-0.2, -0.15) is 0 Å². The number of hydrogen-bond acceptors (Lipinski definition) is 3. The molecular formula is C15H14Cl3NO2. The Balaban J connectivity index is 2.26. The summed E-state index contributed by atoms with van der Waals surface area (Å²) in [5.74, 6) is 1.21. The molecule has 6 heteroatoms. The van der Waals surface area contributed by atoms with E-state index in [0.717, 1.165) is 11.1 Å². The molecule has 2 aromatic carbocycles. The number of halogens is 3. The van der Waals surface area contributed by atoms with Gasteiger partial charge < -0.3 is 15.2 Å². The van der Waals surface area contributed by atoms with E-state index >= 15 is 0 Å². The summed E-state index contributed by atoms with van der Waals surface area (Å²) in [6.45, 7) is 0.542. The van der Waals surface area contributed by atoms with Crippen LogP contribution in [0.3, 0.4) is 0 Å². The van der Waals surface area contributed by atoms with Gasteiger partial charge >= 0.3 is 0 Å². The summed E-state index contributed by atoms with van der Waals surface area (Å²) in [6, 6.07) is 8.68. The molecule has 2 N–H and O–H groups in total. The van der Waals surface area contributed by atoms with Gasteiger partial charge in [0.05, 0.1) is 12.1 Å². The molecule has 0 unspecified atom stereocenters. The van der Waals surface area contributed by atoms with Crippen LogP contribution in [0, 0.1) is 0 Å². The highest BCUT2D eigenvalue weighted by atomic mass is 35.5. The first-order valence-electron chi connectivity index (χ1n) is 6.18. The maximum Gasteiger partial charge on any atom is 0.142 e. The fourth-order valence-corrected chi connectivity index (χ4v) is 2.72. The van der Waals surface area contributed by atoms with Crippen LogP contribution in [0.2, 0.25) is 15.1 Å². The molecule has 112 valence electrons. The first kappa shape index (κ1) is 16.2. The van der Waals surface area contributed by atoms with Gasteiger partial charge in [0.1, 0.15) is 18.1 Å². The van der Waals surface area contributed by atoms with Crippen LogP contribution in [0.4, 0.5) is 0 Å². The van der Waals surface area contributed by atoms with Crippen LogP contribution < -0.4 is 15.2 Å². The molecule has 2 rings (SSSR count). The summed E-state index contributed by atoms with van der Waals surface area (Å²) in [6.07, 6.45) is 0. The molecule has 0 aromatic heterocycles. The average Bonchev–Trinajstić information content (AvgIpc) is 2.45. The molecule has 0 radical (unpaired) electrons. The predicted octanol–water partition coefficient (Wildman–Crippen LogP) is 4.69. The molecule has 0 saturated carbocycles. The van der Waals surface area contributed by atoms with Crippen molar-refractivity contribution in [3.63, 3.8) is 0 Å². The van der Waals surface area contributed by atoms with Gasteiger partial charge in [0, 0.05) is 27.7 Å². The number of nitrogens with two attached hydrogens (primary N) is 1. The minimum atomic E-state index is 0.262. The Hall–Kier alpha value is -1.13. The zero-order valence-electron chi connectivity index (χ0n) is 11.3. The van der Waals surface area contributed by atoms with Gasteiger partial charge in [-0.1, -0.05) is 34.8 Å². The lowest BCUT2D eigenvalue weighted by atomic mass is 10.2. The second kappa shape index (κ2) is 7.23. The molecule has 21 heavy (non-hydrogen) atoms. The van der Waals surface area contributed by atoms with E-state index in [1.165, 1.54) is 0 Å². The lowest BCUT2D eigenvalue weighted by Crippen LogP contribution is -2.04. The molecule has 0 aliphatic rings. The van der Waals surface area contributed by atoms with E-state index in [1.54, 1.807) is 37.4 Å². The standard InChI is InChI=1S/C15H14Cl3NO2/c1-20-14-3-2-11(16)5-10(14)8-21-15-9(7-19)4-12(17)6-13(15)18/h2-6H,7-8,19H2,1H3. The first-order valence-corrected chi connectivity index (χ1v) is 7.31. The minimum Gasteiger partial charge on any atom is -0.496 e. The van der Waals surface area contributed by atoms with Gasteiger partial charge in [0.15, 0.2) is 0 Å².